The molecule has 0 spiro atoms. The lowest BCUT2D eigenvalue weighted by Crippen LogP contribution is -2.47. The Morgan fingerprint density at radius 1 is 1.40 bits per heavy atom. The summed E-state index contributed by atoms with van der Waals surface area (Å²) in [6.07, 6.45) is 0.0167. The van der Waals surface area contributed by atoms with Gasteiger partial charge in [-0.05, 0) is 18.6 Å². The van der Waals surface area contributed by atoms with E-state index >= 15 is 0 Å². The van der Waals surface area contributed by atoms with Crippen LogP contribution in [0.4, 0.5) is 0 Å². The van der Waals surface area contributed by atoms with Crippen LogP contribution in [0.15, 0.2) is 18.2 Å². The van der Waals surface area contributed by atoms with Gasteiger partial charge in [-0.1, -0.05) is 30.1 Å². The number of carbonyl (C=O) groups excluding carboxylic acids is 1. The van der Waals surface area contributed by atoms with E-state index in [0.29, 0.717) is 48.5 Å². The SMILES string of the molecule is CC[C@H](Oc1cc(Cl)ccc1Cl)C(=O)N1CCOCC1. The molecule has 0 radical (unpaired) electrons. The lowest BCUT2D eigenvalue weighted by atomic mass is 10.2. The number of morpholine rings is 1. The highest BCUT2D eigenvalue weighted by molar-refractivity contribution is 6.34. The normalized spacial score (nSPS) is 16.9. The number of benzene rings is 1. The van der Waals surface area contributed by atoms with Gasteiger partial charge in [0.15, 0.2) is 6.10 Å². The van der Waals surface area contributed by atoms with Gasteiger partial charge in [0.2, 0.25) is 0 Å². The Morgan fingerprint density at radius 3 is 2.75 bits per heavy atom. The van der Waals surface area contributed by atoms with E-state index in [4.69, 9.17) is 32.7 Å². The van der Waals surface area contributed by atoms with E-state index < -0.39 is 6.10 Å². The molecule has 0 N–H and O–H groups in total. The minimum Gasteiger partial charge on any atom is -0.479 e. The van der Waals surface area contributed by atoms with Crippen molar-refractivity contribution in [2.75, 3.05) is 26.3 Å². The number of hydrogen-bond acceptors (Lipinski definition) is 3. The molecule has 1 saturated heterocycles. The standard InChI is InChI=1S/C14H17Cl2NO3/c1-2-12(14(18)17-5-7-19-8-6-17)20-13-9-10(15)3-4-11(13)16/h3-4,9,12H,2,5-8H2,1H3/t12-/m0/s1. The van der Waals surface area contributed by atoms with Crippen molar-refractivity contribution in [3.8, 4) is 5.75 Å². The molecule has 1 heterocycles. The highest BCUT2D eigenvalue weighted by atomic mass is 35.5. The number of nitrogens with zero attached hydrogens (tertiary/aromatic N) is 1. The zero-order valence-electron chi connectivity index (χ0n) is 11.3. The first-order valence-corrected chi connectivity index (χ1v) is 7.35. The molecule has 6 heteroatoms. The van der Waals surface area contributed by atoms with E-state index in [2.05, 4.69) is 0 Å². The van der Waals surface area contributed by atoms with Crippen molar-refractivity contribution < 1.29 is 14.3 Å². The van der Waals surface area contributed by atoms with Gasteiger partial charge in [-0.2, -0.15) is 0 Å². The molecule has 20 heavy (non-hydrogen) atoms. The van der Waals surface area contributed by atoms with Gasteiger partial charge in [-0.15, -0.1) is 0 Å². The fraction of sp³-hybridized carbons (Fsp3) is 0.500. The summed E-state index contributed by atoms with van der Waals surface area (Å²) < 4.78 is 11.0. The van der Waals surface area contributed by atoms with Crippen molar-refractivity contribution in [2.24, 2.45) is 0 Å². The summed E-state index contributed by atoms with van der Waals surface area (Å²) in [7, 11) is 0. The third-order valence-electron chi connectivity index (χ3n) is 3.13. The summed E-state index contributed by atoms with van der Waals surface area (Å²) in [6.45, 7) is 4.24. The van der Waals surface area contributed by atoms with E-state index in [1.807, 2.05) is 6.92 Å². The first-order chi connectivity index (χ1) is 9.61. The summed E-state index contributed by atoms with van der Waals surface area (Å²) >= 11 is 12.0. The van der Waals surface area contributed by atoms with Crippen LogP contribution >= 0.6 is 23.2 Å². The quantitative estimate of drug-likeness (QED) is 0.857. The number of hydrogen-bond donors (Lipinski definition) is 0. The van der Waals surface area contributed by atoms with Crippen molar-refractivity contribution in [2.45, 2.75) is 19.4 Å². The average molecular weight is 318 g/mol. The van der Waals surface area contributed by atoms with Crippen LogP contribution in [0.1, 0.15) is 13.3 Å². The molecular formula is C14H17Cl2NO3. The van der Waals surface area contributed by atoms with Gasteiger partial charge in [-0.25, -0.2) is 0 Å². The number of ether oxygens (including phenoxy) is 2. The Bertz CT molecular complexity index is 475. The molecule has 0 saturated carbocycles. The van der Waals surface area contributed by atoms with Crippen LogP contribution in [0.25, 0.3) is 0 Å². The highest BCUT2D eigenvalue weighted by Crippen LogP contribution is 2.29. The second kappa shape index (κ2) is 7.16. The minimum absolute atomic E-state index is 0.0353. The van der Waals surface area contributed by atoms with Crippen LogP contribution in [-0.4, -0.2) is 43.2 Å². The summed E-state index contributed by atoms with van der Waals surface area (Å²) in [5.74, 6) is 0.402. The second-order valence-corrected chi connectivity index (χ2v) is 5.37. The largest absolute Gasteiger partial charge is 0.479 e. The molecule has 1 aromatic carbocycles. The maximum absolute atomic E-state index is 12.4. The molecule has 1 aliphatic heterocycles. The Morgan fingerprint density at radius 2 is 2.10 bits per heavy atom. The third kappa shape index (κ3) is 3.78. The van der Waals surface area contributed by atoms with Crippen LogP contribution in [0.2, 0.25) is 10.0 Å². The maximum atomic E-state index is 12.4. The molecule has 0 unspecified atom stereocenters. The molecule has 1 amide bonds. The average Bonchev–Trinajstić information content (AvgIpc) is 2.48. The number of halogens is 2. The Balaban J connectivity index is 2.07. The summed E-state index contributed by atoms with van der Waals surface area (Å²) in [4.78, 5) is 14.2. The molecule has 4 nitrogen and oxygen atoms in total. The van der Waals surface area contributed by atoms with Crippen LogP contribution in [0, 0.1) is 0 Å². The predicted molar refractivity (Wildman–Crippen MR) is 78.6 cm³/mol. The second-order valence-electron chi connectivity index (χ2n) is 4.53. The van der Waals surface area contributed by atoms with Crippen LogP contribution in [0.3, 0.4) is 0 Å². The summed E-state index contributed by atoms with van der Waals surface area (Å²) in [5, 5.41) is 0.973. The predicted octanol–water partition coefficient (Wildman–Crippen LogP) is 3.01. The van der Waals surface area contributed by atoms with Crippen LogP contribution in [0.5, 0.6) is 5.75 Å². The van der Waals surface area contributed by atoms with E-state index in [1.165, 1.54) is 0 Å². The smallest absolute Gasteiger partial charge is 0.263 e. The molecular weight excluding hydrogens is 301 g/mol. The molecule has 1 atom stereocenters. The molecule has 110 valence electrons. The number of carbonyl (C=O) groups is 1. The summed E-state index contributed by atoms with van der Waals surface area (Å²) in [5.41, 5.74) is 0. The minimum atomic E-state index is -0.552. The fourth-order valence-corrected chi connectivity index (χ4v) is 2.34. The van der Waals surface area contributed by atoms with Crippen molar-refractivity contribution in [3.63, 3.8) is 0 Å². The third-order valence-corrected chi connectivity index (χ3v) is 3.68. The van der Waals surface area contributed by atoms with Crippen molar-refractivity contribution in [1.82, 2.24) is 4.90 Å². The highest BCUT2D eigenvalue weighted by Gasteiger charge is 2.26. The first kappa shape index (κ1) is 15.4. The van der Waals surface area contributed by atoms with E-state index in [9.17, 15) is 4.79 Å². The van der Waals surface area contributed by atoms with Crippen LogP contribution in [-0.2, 0) is 9.53 Å². The number of amides is 1. The molecule has 0 bridgehead atoms. The molecule has 0 aromatic heterocycles. The lowest BCUT2D eigenvalue weighted by molar-refractivity contribution is -0.142. The lowest BCUT2D eigenvalue weighted by Gasteiger charge is -2.30. The molecule has 1 fully saturated rings. The van der Waals surface area contributed by atoms with Crippen molar-refractivity contribution >= 4 is 29.1 Å². The van der Waals surface area contributed by atoms with Gasteiger partial charge in [0.25, 0.3) is 5.91 Å². The maximum Gasteiger partial charge on any atom is 0.263 e. The van der Waals surface area contributed by atoms with Gasteiger partial charge in [0.1, 0.15) is 5.75 Å². The topological polar surface area (TPSA) is 38.8 Å². The molecule has 0 aliphatic carbocycles. The van der Waals surface area contributed by atoms with E-state index in [0.717, 1.165) is 0 Å². The fourth-order valence-electron chi connectivity index (χ4n) is 2.02. The van der Waals surface area contributed by atoms with Gasteiger partial charge in [0.05, 0.1) is 18.2 Å². The van der Waals surface area contributed by atoms with Crippen molar-refractivity contribution in [3.05, 3.63) is 28.2 Å². The van der Waals surface area contributed by atoms with Gasteiger partial charge >= 0.3 is 0 Å². The monoisotopic (exact) mass is 317 g/mol. The zero-order valence-corrected chi connectivity index (χ0v) is 12.8. The van der Waals surface area contributed by atoms with E-state index in [-0.39, 0.29) is 5.91 Å². The van der Waals surface area contributed by atoms with Gasteiger partial charge in [0, 0.05) is 24.2 Å². The first-order valence-electron chi connectivity index (χ1n) is 6.60. The Hall–Kier alpha value is -0.970. The Kier molecular flexibility index (Phi) is 5.52. The number of rotatable bonds is 4. The van der Waals surface area contributed by atoms with Gasteiger partial charge in [-0.3, -0.25) is 4.79 Å². The van der Waals surface area contributed by atoms with Crippen molar-refractivity contribution in [1.29, 1.82) is 0 Å². The van der Waals surface area contributed by atoms with E-state index in [1.54, 1.807) is 23.1 Å². The summed E-state index contributed by atoms with van der Waals surface area (Å²) in [6, 6.07) is 4.96. The molecule has 1 aliphatic rings. The molecule has 2 rings (SSSR count). The zero-order chi connectivity index (χ0) is 14.5. The van der Waals surface area contributed by atoms with Crippen LogP contribution < -0.4 is 4.74 Å². The molecule has 1 aromatic rings. The Labute approximate surface area is 128 Å². The van der Waals surface area contributed by atoms with Gasteiger partial charge < -0.3 is 14.4 Å².